The molecule has 13 heteroatoms. The van der Waals surface area contributed by atoms with Gasteiger partial charge in [0.1, 0.15) is 0 Å². The van der Waals surface area contributed by atoms with Gasteiger partial charge in [-0.3, -0.25) is 14.2 Å². The van der Waals surface area contributed by atoms with E-state index in [1.807, 2.05) is 0 Å². The summed E-state index contributed by atoms with van der Waals surface area (Å²) in [5.74, 6) is -4.75. The summed E-state index contributed by atoms with van der Waals surface area (Å²) in [6, 6.07) is 11.8. The van der Waals surface area contributed by atoms with Crippen molar-refractivity contribution in [3.63, 3.8) is 0 Å². The van der Waals surface area contributed by atoms with Gasteiger partial charge in [0.25, 0.3) is 0 Å². The van der Waals surface area contributed by atoms with Crippen LogP contribution >= 0.6 is 11.6 Å². The first-order chi connectivity index (χ1) is 19.2. The van der Waals surface area contributed by atoms with Crippen LogP contribution in [0.2, 0.25) is 5.02 Å². The number of pyridine rings is 1. The van der Waals surface area contributed by atoms with Crippen molar-refractivity contribution in [1.29, 1.82) is 0 Å². The summed E-state index contributed by atoms with van der Waals surface area (Å²) in [5.41, 5.74) is -0.838. The Hall–Kier alpha value is -4.97. The molecule has 0 unspecified atom stereocenters. The average molecular weight is 564 g/mol. The van der Waals surface area contributed by atoms with Gasteiger partial charge in [0, 0.05) is 35.6 Å². The van der Waals surface area contributed by atoms with Crippen molar-refractivity contribution in [3.8, 4) is 5.69 Å². The van der Waals surface area contributed by atoms with E-state index in [9.17, 15) is 22.8 Å². The van der Waals surface area contributed by atoms with Gasteiger partial charge in [-0.25, -0.2) is 27.3 Å². The highest BCUT2D eigenvalue weighted by molar-refractivity contribution is 6.34. The van der Waals surface area contributed by atoms with Crippen LogP contribution in [0.3, 0.4) is 0 Å². The molecule has 0 radical (unpaired) electrons. The van der Waals surface area contributed by atoms with E-state index in [4.69, 9.17) is 11.6 Å². The van der Waals surface area contributed by atoms with Crippen molar-refractivity contribution in [2.24, 2.45) is 7.05 Å². The second-order valence-corrected chi connectivity index (χ2v) is 9.40. The van der Waals surface area contributed by atoms with E-state index in [1.165, 1.54) is 6.20 Å². The molecule has 0 fully saturated rings. The number of benzene rings is 3. The van der Waals surface area contributed by atoms with Gasteiger partial charge in [-0.05, 0) is 29.8 Å². The molecule has 3 aromatic carbocycles. The number of nitrogens with one attached hydrogen (secondary N) is 1. The predicted molar refractivity (Wildman–Crippen MR) is 144 cm³/mol. The molecule has 0 amide bonds. The standard InChI is InChI=1S/C27H17ClF3N7O2/c1-36-13-16-8-22(18(28)9-21(16)35-36)33-25-34-26(39)38(23-11-32-10-15-4-2-3-5-17(15)23)27(40)37(25)12-14-6-19(29)24(31)20(30)7-14/h2-11,13H,12H2,1H3,(H,33,34,39). The van der Waals surface area contributed by atoms with Gasteiger partial charge in [-0.1, -0.05) is 35.9 Å². The molecule has 0 saturated carbocycles. The third-order valence-corrected chi connectivity index (χ3v) is 6.61. The SMILES string of the molecule is Cn1cc2cc(Nc3nc(=O)n(-c4cncc5ccccc45)c(=O)n3Cc3cc(F)c(F)c(F)c3)c(Cl)cc2n1. The van der Waals surface area contributed by atoms with Crippen LogP contribution in [0.25, 0.3) is 27.4 Å². The van der Waals surface area contributed by atoms with Crippen LogP contribution in [-0.4, -0.2) is 28.9 Å². The van der Waals surface area contributed by atoms with Crippen LogP contribution < -0.4 is 16.7 Å². The Labute approximate surface area is 227 Å². The number of hydrogen-bond donors (Lipinski definition) is 1. The van der Waals surface area contributed by atoms with E-state index < -0.39 is 35.4 Å². The molecular weight excluding hydrogens is 547 g/mol. The third kappa shape index (κ3) is 4.37. The van der Waals surface area contributed by atoms with Crippen LogP contribution in [0.4, 0.5) is 24.8 Å². The molecule has 1 N–H and O–H groups in total. The first-order valence-corrected chi connectivity index (χ1v) is 12.2. The number of hydrogen-bond acceptors (Lipinski definition) is 6. The van der Waals surface area contributed by atoms with Gasteiger partial charge in [0.05, 0.1) is 34.7 Å². The maximum absolute atomic E-state index is 14.1. The fourth-order valence-electron chi connectivity index (χ4n) is 4.48. The number of nitrogens with zero attached hydrogens (tertiary/aromatic N) is 6. The van der Waals surface area contributed by atoms with E-state index in [1.54, 1.807) is 60.5 Å². The zero-order chi connectivity index (χ0) is 28.1. The molecule has 3 aromatic heterocycles. The summed E-state index contributed by atoms with van der Waals surface area (Å²) in [4.78, 5) is 35.4. The Bertz CT molecular complexity index is 2060. The largest absolute Gasteiger partial charge is 0.359 e. The maximum Gasteiger partial charge on any atom is 0.359 e. The van der Waals surface area contributed by atoms with Crippen molar-refractivity contribution >= 4 is 44.9 Å². The topological polar surface area (TPSA) is 99.6 Å². The molecule has 0 aliphatic heterocycles. The molecule has 0 aliphatic carbocycles. The normalized spacial score (nSPS) is 11.4. The predicted octanol–water partition coefficient (Wildman–Crippen LogP) is 4.69. The summed E-state index contributed by atoms with van der Waals surface area (Å²) < 4.78 is 45.1. The Morgan fingerprint density at radius 1 is 0.975 bits per heavy atom. The average Bonchev–Trinajstić information content (AvgIpc) is 3.28. The monoisotopic (exact) mass is 563 g/mol. The van der Waals surface area contributed by atoms with Gasteiger partial charge in [-0.15, -0.1) is 0 Å². The van der Waals surface area contributed by atoms with E-state index in [-0.39, 0.29) is 22.2 Å². The molecular formula is C27H17ClF3N7O2. The van der Waals surface area contributed by atoms with E-state index >= 15 is 0 Å². The third-order valence-electron chi connectivity index (χ3n) is 6.30. The number of aryl methyl sites for hydroxylation is 1. The van der Waals surface area contributed by atoms with E-state index in [0.29, 0.717) is 27.4 Å². The number of aromatic nitrogens is 6. The fraction of sp³-hybridized carbons (Fsp3) is 0.0741. The van der Waals surface area contributed by atoms with Crippen LogP contribution in [0.5, 0.6) is 0 Å². The molecule has 40 heavy (non-hydrogen) atoms. The van der Waals surface area contributed by atoms with Crippen molar-refractivity contribution in [2.45, 2.75) is 6.54 Å². The lowest BCUT2D eigenvalue weighted by molar-refractivity contribution is 0.444. The summed E-state index contributed by atoms with van der Waals surface area (Å²) >= 11 is 6.45. The lowest BCUT2D eigenvalue weighted by Gasteiger charge is -2.17. The second kappa shape index (κ2) is 9.65. The minimum Gasteiger partial charge on any atom is -0.324 e. The van der Waals surface area contributed by atoms with Gasteiger partial charge >= 0.3 is 11.4 Å². The molecule has 0 aliphatic rings. The molecule has 0 spiro atoms. The van der Waals surface area contributed by atoms with Gasteiger partial charge in [-0.2, -0.15) is 10.1 Å². The lowest BCUT2D eigenvalue weighted by Crippen LogP contribution is -2.42. The first kappa shape index (κ1) is 25.3. The Kier molecular flexibility index (Phi) is 6.11. The van der Waals surface area contributed by atoms with Gasteiger partial charge < -0.3 is 5.32 Å². The number of halogens is 4. The number of fused-ring (bicyclic) bond motifs is 2. The summed E-state index contributed by atoms with van der Waals surface area (Å²) in [6.45, 7) is -0.465. The van der Waals surface area contributed by atoms with Crippen LogP contribution in [0, 0.1) is 17.5 Å². The fourth-order valence-corrected chi connectivity index (χ4v) is 4.69. The Morgan fingerprint density at radius 2 is 1.73 bits per heavy atom. The van der Waals surface area contributed by atoms with E-state index in [2.05, 4.69) is 20.4 Å². The highest BCUT2D eigenvalue weighted by atomic mass is 35.5. The molecule has 0 atom stereocenters. The number of anilines is 2. The van der Waals surface area contributed by atoms with Gasteiger partial charge in [0.15, 0.2) is 17.5 Å². The minimum atomic E-state index is -1.64. The van der Waals surface area contributed by atoms with Crippen molar-refractivity contribution < 1.29 is 13.2 Å². The zero-order valence-electron chi connectivity index (χ0n) is 20.6. The van der Waals surface area contributed by atoms with Crippen LogP contribution in [0.15, 0.2) is 76.7 Å². The number of rotatable bonds is 5. The Morgan fingerprint density at radius 3 is 2.50 bits per heavy atom. The highest BCUT2D eigenvalue weighted by Gasteiger charge is 2.20. The minimum absolute atomic E-state index is 0.0848. The summed E-state index contributed by atoms with van der Waals surface area (Å²) in [5, 5.41) is 9.33. The summed E-state index contributed by atoms with van der Waals surface area (Å²) in [6.07, 6.45) is 4.66. The molecule has 200 valence electrons. The molecule has 9 nitrogen and oxygen atoms in total. The molecule has 0 saturated heterocycles. The summed E-state index contributed by atoms with van der Waals surface area (Å²) in [7, 11) is 1.74. The molecule has 0 bridgehead atoms. The van der Waals surface area contributed by atoms with E-state index in [0.717, 1.165) is 21.3 Å². The van der Waals surface area contributed by atoms with Crippen LogP contribution in [0.1, 0.15) is 5.56 Å². The molecule has 3 heterocycles. The van der Waals surface area contributed by atoms with Crippen molar-refractivity contribution in [2.75, 3.05) is 5.32 Å². The second-order valence-electron chi connectivity index (χ2n) is 8.99. The smallest absolute Gasteiger partial charge is 0.324 e. The maximum atomic E-state index is 14.1. The Balaban J connectivity index is 1.57. The van der Waals surface area contributed by atoms with Gasteiger partial charge in [0.2, 0.25) is 5.95 Å². The highest BCUT2D eigenvalue weighted by Crippen LogP contribution is 2.29. The quantitative estimate of drug-likeness (QED) is 0.306. The van der Waals surface area contributed by atoms with Crippen molar-refractivity contribution in [3.05, 3.63) is 116 Å². The molecule has 6 aromatic rings. The van der Waals surface area contributed by atoms with Crippen molar-refractivity contribution in [1.82, 2.24) is 28.9 Å². The lowest BCUT2D eigenvalue weighted by atomic mass is 10.1. The first-order valence-electron chi connectivity index (χ1n) is 11.8. The molecule has 6 rings (SSSR count). The zero-order valence-corrected chi connectivity index (χ0v) is 21.3. The van der Waals surface area contributed by atoms with Crippen LogP contribution in [-0.2, 0) is 13.6 Å².